The van der Waals surface area contributed by atoms with Crippen LogP contribution in [0.25, 0.3) is 0 Å². The molecular formula is C8H19O5PSi. The maximum absolute atomic E-state index is 11.4. The van der Waals surface area contributed by atoms with Gasteiger partial charge < -0.3 is 14.2 Å². The molecule has 0 saturated carbocycles. The van der Waals surface area contributed by atoms with Gasteiger partial charge in [0.05, 0.1) is 11.6 Å². The van der Waals surface area contributed by atoms with Gasteiger partial charge in [-0.2, -0.15) is 0 Å². The summed E-state index contributed by atoms with van der Waals surface area (Å²) >= 11 is 0. The highest BCUT2D eigenvalue weighted by Gasteiger charge is 2.40. The molecule has 0 radical (unpaired) electrons. The molecule has 0 saturated heterocycles. The average Bonchev–Trinajstić information content (AvgIpc) is 1.75. The lowest BCUT2D eigenvalue weighted by molar-refractivity contribution is -0.135. The van der Waals surface area contributed by atoms with Crippen molar-refractivity contribution in [2.75, 3.05) is 0 Å². The van der Waals surface area contributed by atoms with E-state index in [2.05, 4.69) is 0 Å². The van der Waals surface area contributed by atoms with Crippen LogP contribution in [0.1, 0.15) is 20.3 Å². The van der Waals surface area contributed by atoms with Gasteiger partial charge in [0.2, 0.25) is 8.32 Å². The van der Waals surface area contributed by atoms with Crippen molar-refractivity contribution >= 4 is 21.9 Å². The van der Waals surface area contributed by atoms with E-state index < -0.39 is 27.0 Å². The number of carbonyl (C=O) groups excluding carboxylic acids is 1. The average molecular weight is 254 g/mol. The maximum Gasteiger partial charge on any atom is 0.331 e. The Labute approximate surface area is 91.1 Å². The van der Waals surface area contributed by atoms with E-state index in [1.165, 1.54) is 13.8 Å². The minimum absolute atomic E-state index is 0.262. The largest absolute Gasteiger partial charge is 0.520 e. The standard InChI is InChI=1S/C8H19O5PSi/c1-8(2,14(10,11)12)6-7(9)13-15(3,4)5/h6H2,1-5H3,(H2,10,11,12). The highest BCUT2D eigenvalue weighted by atomic mass is 31.2. The van der Waals surface area contributed by atoms with Crippen LogP contribution in [0.2, 0.25) is 19.6 Å². The second-order valence-corrected chi connectivity index (χ2v) is 11.8. The Morgan fingerprint density at radius 3 is 2.00 bits per heavy atom. The molecule has 0 spiro atoms. The fourth-order valence-electron chi connectivity index (χ4n) is 0.834. The van der Waals surface area contributed by atoms with Crippen molar-refractivity contribution in [3.63, 3.8) is 0 Å². The van der Waals surface area contributed by atoms with Gasteiger partial charge in [-0.1, -0.05) is 0 Å². The molecule has 0 unspecified atom stereocenters. The van der Waals surface area contributed by atoms with Crippen molar-refractivity contribution in [2.45, 2.75) is 45.1 Å². The first-order valence-corrected chi connectivity index (χ1v) is 9.65. The third-order valence-corrected chi connectivity index (χ3v) is 4.36. The summed E-state index contributed by atoms with van der Waals surface area (Å²) in [4.78, 5) is 29.4. The zero-order valence-corrected chi connectivity index (χ0v) is 11.7. The molecule has 5 nitrogen and oxygen atoms in total. The second-order valence-electron chi connectivity index (χ2n) is 5.12. The van der Waals surface area contributed by atoms with Gasteiger partial charge in [0.1, 0.15) is 0 Å². The Morgan fingerprint density at radius 2 is 1.73 bits per heavy atom. The smallest absolute Gasteiger partial charge is 0.331 e. The van der Waals surface area contributed by atoms with Crippen molar-refractivity contribution < 1.29 is 23.6 Å². The Bertz CT molecular complexity index is 288. The van der Waals surface area contributed by atoms with Gasteiger partial charge in [-0.25, -0.2) is 0 Å². The quantitative estimate of drug-likeness (QED) is 0.589. The summed E-state index contributed by atoms with van der Waals surface area (Å²) < 4.78 is 16.2. The van der Waals surface area contributed by atoms with Gasteiger partial charge in [0.25, 0.3) is 5.97 Å². The third-order valence-electron chi connectivity index (χ3n) is 1.79. The summed E-state index contributed by atoms with van der Waals surface area (Å²) in [6, 6.07) is 0. The first-order chi connectivity index (χ1) is 6.35. The molecule has 0 aliphatic carbocycles. The molecule has 7 heteroatoms. The summed E-state index contributed by atoms with van der Waals surface area (Å²) in [7, 11) is -6.26. The van der Waals surface area contributed by atoms with E-state index in [9.17, 15) is 9.36 Å². The van der Waals surface area contributed by atoms with Crippen molar-refractivity contribution in [3.8, 4) is 0 Å². The molecule has 0 rings (SSSR count). The van der Waals surface area contributed by atoms with E-state index in [1.807, 2.05) is 19.6 Å². The van der Waals surface area contributed by atoms with Crippen LogP contribution in [0.15, 0.2) is 0 Å². The fourth-order valence-corrected chi connectivity index (χ4v) is 1.92. The molecule has 90 valence electrons. The van der Waals surface area contributed by atoms with Crippen molar-refractivity contribution in [1.29, 1.82) is 0 Å². The van der Waals surface area contributed by atoms with Gasteiger partial charge in [0.15, 0.2) is 0 Å². The summed E-state index contributed by atoms with van der Waals surface area (Å²) in [5.74, 6) is -0.539. The number of carbonyl (C=O) groups is 1. The molecule has 0 aliphatic rings. The molecule has 0 heterocycles. The normalized spacial score (nSPS) is 13.8. The second kappa shape index (κ2) is 4.37. The van der Waals surface area contributed by atoms with Crippen LogP contribution >= 0.6 is 7.60 Å². The number of rotatable bonds is 4. The molecule has 0 aromatic carbocycles. The molecule has 2 N–H and O–H groups in total. The SMILES string of the molecule is CC(C)(CC(=O)O[Si](C)(C)C)P(=O)(O)O. The van der Waals surface area contributed by atoms with E-state index >= 15 is 0 Å². The predicted molar refractivity (Wildman–Crippen MR) is 60.2 cm³/mol. The Morgan fingerprint density at radius 1 is 1.33 bits per heavy atom. The van der Waals surface area contributed by atoms with E-state index in [1.54, 1.807) is 0 Å². The van der Waals surface area contributed by atoms with Gasteiger partial charge in [-0.3, -0.25) is 9.36 Å². The van der Waals surface area contributed by atoms with Crippen molar-refractivity contribution in [3.05, 3.63) is 0 Å². The molecule has 0 bridgehead atoms. The first-order valence-electron chi connectivity index (χ1n) is 4.63. The number of hydrogen-bond acceptors (Lipinski definition) is 3. The predicted octanol–water partition coefficient (Wildman–Crippen LogP) is 1.71. The Kier molecular flexibility index (Phi) is 4.32. The van der Waals surface area contributed by atoms with E-state index in [4.69, 9.17) is 14.2 Å². The summed E-state index contributed by atoms with van der Waals surface area (Å²) in [5.41, 5.74) is 0. The van der Waals surface area contributed by atoms with Crippen LogP contribution in [0.5, 0.6) is 0 Å². The highest BCUT2D eigenvalue weighted by Crippen LogP contribution is 2.52. The monoisotopic (exact) mass is 254 g/mol. The topological polar surface area (TPSA) is 83.8 Å². The molecular weight excluding hydrogens is 235 g/mol. The fraction of sp³-hybridized carbons (Fsp3) is 0.875. The minimum atomic E-state index is -4.27. The molecule has 0 aromatic rings. The van der Waals surface area contributed by atoms with Crippen LogP contribution in [0.3, 0.4) is 0 Å². The van der Waals surface area contributed by atoms with Crippen LogP contribution in [-0.4, -0.2) is 29.2 Å². The van der Waals surface area contributed by atoms with Gasteiger partial charge >= 0.3 is 7.60 Å². The lowest BCUT2D eigenvalue weighted by Crippen LogP contribution is -2.33. The van der Waals surface area contributed by atoms with Crippen LogP contribution in [0.4, 0.5) is 0 Å². The van der Waals surface area contributed by atoms with Gasteiger partial charge in [0, 0.05) is 0 Å². The van der Waals surface area contributed by atoms with Crippen molar-refractivity contribution in [1.82, 2.24) is 0 Å². The molecule has 0 atom stereocenters. The number of hydrogen-bond donors (Lipinski definition) is 2. The first kappa shape index (κ1) is 14.8. The molecule has 15 heavy (non-hydrogen) atoms. The van der Waals surface area contributed by atoms with E-state index in [0.29, 0.717) is 0 Å². The van der Waals surface area contributed by atoms with Gasteiger partial charge in [-0.15, -0.1) is 0 Å². The summed E-state index contributed by atoms with van der Waals surface area (Å²) in [5, 5.41) is -1.36. The Hall–Kier alpha value is -0.163. The van der Waals surface area contributed by atoms with Crippen LogP contribution in [0, 0.1) is 0 Å². The molecule has 0 aromatic heterocycles. The van der Waals surface area contributed by atoms with E-state index in [-0.39, 0.29) is 6.42 Å². The zero-order valence-electron chi connectivity index (χ0n) is 9.77. The minimum Gasteiger partial charge on any atom is -0.520 e. The Balaban J connectivity index is 4.50. The molecule has 0 fully saturated rings. The highest BCUT2D eigenvalue weighted by molar-refractivity contribution is 7.53. The summed E-state index contributed by atoms with van der Waals surface area (Å²) in [6.45, 7) is 8.25. The van der Waals surface area contributed by atoms with Crippen LogP contribution < -0.4 is 0 Å². The zero-order chi connectivity index (χ0) is 12.5. The van der Waals surface area contributed by atoms with Gasteiger partial charge in [-0.05, 0) is 33.5 Å². The lowest BCUT2D eigenvalue weighted by atomic mass is 10.1. The lowest BCUT2D eigenvalue weighted by Gasteiger charge is -2.26. The third kappa shape index (κ3) is 5.46. The van der Waals surface area contributed by atoms with E-state index in [0.717, 1.165) is 0 Å². The maximum atomic E-state index is 11.4. The van der Waals surface area contributed by atoms with Crippen LogP contribution in [-0.2, 0) is 13.8 Å². The van der Waals surface area contributed by atoms with Crippen molar-refractivity contribution in [2.24, 2.45) is 0 Å². The molecule has 0 amide bonds. The molecule has 0 aliphatic heterocycles. The summed E-state index contributed by atoms with van der Waals surface area (Å²) in [6.07, 6.45) is -0.262.